The van der Waals surface area contributed by atoms with Crippen LogP contribution in [-0.4, -0.2) is 95.3 Å². The molecule has 2 aliphatic heterocycles. The fourth-order valence-electron chi connectivity index (χ4n) is 7.14. The molecule has 5 aromatic rings. The summed E-state index contributed by atoms with van der Waals surface area (Å²) >= 11 is 7.75. The highest BCUT2D eigenvalue weighted by Crippen LogP contribution is 2.34. The number of ether oxygens (including phenoxy) is 1. The molecule has 0 spiro atoms. The number of benzene rings is 2. The van der Waals surface area contributed by atoms with Crippen molar-refractivity contribution >= 4 is 45.3 Å². The van der Waals surface area contributed by atoms with E-state index >= 15 is 0 Å². The molecule has 1 saturated heterocycles. The van der Waals surface area contributed by atoms with E-state index in [1.165, 1.54) is 5.32 Å². The number of aliphatic hydroxyl groups excluding tert-OH is 1. The minimum absolute atomic E-state index is 0.00743. The maximum Gasteiger partial charge on any atom is 0.405 e. The zero-order valence-corrected chi connectivity index (χ0v) is 34.4. The molecule has 3 N–H and O–H groups in total. The van der Waals surface area contributed by atoms with Gasteiger partial charge in [0.25, 0.3) is 0 Å². The summed E-state index contributed by atoms with van der Waals surface area (Å²) in [6.45, 7) is 7.29. The normalized spacial score (nSPS) is 16.9. The SMILES string of the molecule is C#C.CC(C)(c1ncc(-c2ccc(Cl)cc2)o1)N1CCN(C[C@@H](O)C[C@@H](Cc2cc3cnccc3s2)C(=O)NC2CCOc3ccccc32)CC1.O=CNCC(F)(F)F. The second-order valence-electron chi connectivity index (χ2n) is 14.7. The number of nitrogens with zero attached hydrogens (tertiary/aromatic N) is 4. The van der Waals surface area contributed by atoms with Crippen LogP contribution in [0.4, 0.5) is 13.2 Å². The van der Waals surface area contributed by atoms with Gasteiger partial charge in [-0.3, -0.25) is 24.4 Å². The standard InChI is InChI=1S/C38H42ClN5O4S.C3H4F3NO.C2H2/c1-38(2,37-41-23-34(48-37)25-7-9-28(39)10-8-25)44-16-14-43(15-17-44)24-29(45)19-26(20-30-21-27-22-40-13-11-35(27)49-30)36(46)42-32-12-18-47-33-6-4-3-5-31(32)33;4-3(5,6)1-7-2-8;1-2/h3-11,13,21-23,26,29,32,45H,12,14-20,24H2,1-2H3,(H,42,46);2H,1H2,(H,7,8);1-2H/t26-,29-,32?;;/m0../s1. The molecule has 0 bridgehead atoms. The second kappa shape index (κ2) is 20.8. The average Bonchev–Trinajstić information content (AvgIpc) is 3.90. The van der Waals surface area contributed by atoms with Gasteiger partial charge in [-0.05, 0) is 69.2 Å². The largest absolute Gasteiger partial charge is 0.493 e. The number of oxazole rings is 1. The van der Waals surface area contributed by atoms with Gasteiger partial charge >= 0.3 is 6.18 Å². The summed E-state index contributed by atoms with van der Waals surface area (Å²) < 4.78 is 46.3. The van der Waals surface area contributed by atoms with Crippen LogP contribution in [0.1, 0.15) is 49.1 Å². The van der Waals surface area contributed by atoms with Crippen LogP contribution in [0.2, 0.25) is 5.02 Å². The van der Waals surface area contributed by atoms with Crippen molar-refractivity contribution in [3.8, 4) is 29.9 Å². The molecule has 16 heteroatoms. The third-order valence-corrected chi connectivity index (χ3v) is 11.6. The highest BCUT2D eigenvalue weighted by atomic mass is 35.5. The van der Waals surface area contributed by atoms with E-state index in [-0.39, 0.29) is 24.3 Å². The summed E-state index contributed by atoms with van der Waals surface area (Å²) in [4.78, 5) is 37.9. The van der Waals surface area contributed by atoms with Crippen LogP contribution in [0, 0.1) is 18.8 Å². The van der Waals surface area contributed by atoms with E-state index in [1.807, 2.05) is 60.8 Å². The number of β-amino-alcohol motifs (C(OH)–C–C–N with tert-alkyl or cyclic N) is 1. The zero-order chi connectivity index (χ0) is 42.6. The number of carbonyl (C=O) groups excluding carboxylic acids is 2. The molecule has 2 aromatic carbocycles. The summed E-state index contributed by atoms with van der Waals surface area (Å²) in [6.07, 6.45) is 10.1. The topological polar surface area (TPSA) is 133 Å². The van der Waals surface area contributed by atoms with Crippen molar-refractivity contribution in [2.24, 2.45) is 5.92 Å². The number of para-hydroxylation sites is 1. The van der Waals surface area contributed by atoms with Crippen molar-refractivity contribution in [2.45, 2.75) is 57.0 Å². The molecule has 7 rings (SSSR count). The Hall–Kier alpha value is -4.98. The number of pyridine rings is 1. The first kappa shape index (κ1) is 45.1. The molecule has 0 aliphatic carbocycles. The van der Waals surface area contributed by atoms with Crippen molar-refractivity contribution in [1.82, 2.24) is 30.4 Å². The zero-order valence-electron chi connectivity index (χ0n) is 32.8. The summed E-state index contributed by atoms with van der Waals surface area (Å²) in [5, 5.41) is 18.0. The summed E-state index contributed by atoms with van der Waals surface area (Å²) in [6, 6.07) is 19.5. The van der Waals surface area contributed by atoms with E-state index in [0.29, 0.717) is 49.1 Å². The van der Waals surface area contributed by atoms with Gasteiger partial charge < -0.3 is 24.9 Å². The molecule has 1 unspecified atom stereocenters. The van der Waals surface area contributed by atoms with Crippen LogP contribution in [-0.2, 0) is 21.5 Å². The van der Waals surface area contributed by atoms with Gasteiger partial charge in [-0.15, -0.1) is 24.2 Å². The monoisotopic (exact) mass is 852 g/mol. The number of alkyl halides is 3. The maximum absolute atomic E-state index is 14.0. The molecule has 59 heavy (non-hydrogen) atoms. The highest BCUT2D eigenvalue weighted by Gasteiger charge is 2.36. The van der Waals surface area contributed by atoms with Crippen LogP contribution in [0.5, 0.6) is 5.75 Å². The van der Waals surface area contributed by atoms with Gasteiger partial charge in [0.2, 0.25) is 18.2 Å². The molecule has 5 heterocycles. The van der Waals surface area contributed by atoms with Gasteiger partial charge in [-0.2, -0.15) is 13.2 Å². The maximum atomic E-state index is 14.0. The highest BCUT2D eigenvalue weighted by molar-refractivity contribution is 7.19. The minimum Gasteiger partial charge on any atom is -0.493 e. The molecular weight excluding hydrogens is 805 g/mol. The number of hydrogen-bond donors (Lipinski definition) is 3. The number of terminal acetylenes is 1. The van der Waals surface area contributed by atoms with E-state index in [4.69, 9.17) is 20.8 Å². The van der Waals surface area contributed by atoms with Crippen molar-refractivity contribution in [3.63, 3.8) is 0 Å². The van der Waals surface area contributed by atoms with Crippen molar-refractivity contribution in [2.75, 3.05) is 45.9 Å². The number of aromatic nitrogens is 2. The Kier molecular flexibility index (Phi) is 15.9. The number of fused-ring (bicyclic) bond motifs is 2. The van der Waals surface area contributed by atoms with Crippen LogP contribution < -0.4 is 15.4 Å². The summed E-state index contributed by atoms with van der Waals surface area (Å²) in [7, 11) is 0. The molecule has 314 valence electrons. The van der Waals surface area contributed by atoms with E-state index in [2.05, 4.69) is 57.8 Å². The van der Waals surface area contributed by atoms with Gasteiger partial charge in [0.1, 0.15) is 12.3 Å². The number of rotatable bonds is 13. The van der Waals surface area contributed by atoms with E-state index in [1.54, 1.807) is 23.7 Å². The van der Waals surface area contributed by atoms with Crippen LogP contribution in [0.3, 0.4) is 0 Å². The second-order valence-corrected chi connectivity index (χ2v) is 16.3. The minimum atomic E-state index is -4.29. The number of amides is 2. The number of halogens is 4. The molecule has 3 aromatic heterocycles. The predicted octanol–water partition coefficient (Wildman–Crippen LogP) is 7.25. The van der Waals surface area contributed by atoms with Crippen LogP contribution >= 0.6 is 22.9 Å². The molecule has 3 atom stereocenters. The Morgan fingerprint density at radius 1 is 1.08 bits per heavy atom. The van der Waals surface area contributed by atoms with Gasteiger partial charge in [-0.1, -0.05) is 29.8 Å². The lowest BCUT2D eigenvalue weighted by atomic mass is 9.93. The van der Waals surface area contributed by atoms with Gasteiger partial charge in [0.15, 0.2) is 5.76 Å². The van der Waals surface area contributed by atoms with Gasteiger partial charge in [-0.25, -0.2) is 4.98 Å². The molecule has 2 aliphatic rings. The lowest BCUT2D eigenvalue weighted by molar-refractivity contribution is -0.132. The molecule has 0 radical (unpaired) electrons. The van der Waals surface area contributed by atoms with Gasteiger partial charge in [0.05, 0.1) is 30.5 Å². The number of piperazine rings is 1. The lowest BCUT2D eigenvalue weighted by Crippen LogP contribution is -2.54. The lowest BCUT2D eigenvalue weighted by Gasteiger charge is -2.42. The number of thiophene rings is 1. The number of nitrogens with one attached hydrogen (secondary N) is 2. The first-order valence-corrected chi connectivity index (χ1v) is 20.3. The van der Waals surface area contributed by atoms with E-state index in [9.17, 15) is 27.9 Å². The Labute approximate surface area is 350 Å². The fraction of sp³-hybridized carbons (Fsp3) is 0.395. The average molecular weight is 853 g/mol. The quantitative estimate of drug-likeness (QED) is 0.0828. The van der Waals surface area contributed by atoms with Crippen molar-refractivity contribution in [3.05, 3.63) is 101 Å². The van der Waals surface area contributed by atoms with Crippen molar-refractivity contribution < 1.29 is 37.0 Å². The number of aliphatic hydroxyl groups is 1. The predicted molar refractivity (Wildman–Crippen MR) is 223 cm³/mol. The van der Waals surface area contributed by atoms with E-state index in [0.717, 1.165) is 58.0 Å². The Bertz CT molecular complexity index is 2100. The van der Waals surface area contributed by atoms with Crippen LogP contribution in [0.25, 0.3) is 21.4 Å². The molecule has 1 fully saturated rings. The third kappa shape index (κ3) is 12.5. The van der Waals surface area contributed by atoms with E-state index < -0.39 is 24.4 Å². The Morgan fingerprint density at radius 2 is 1.81 bits per heavy atom. The smallest absolute Gasteiger partial charge is 0.405 e. The van der Waals surface area contributed by atoms with Gasteiger partial charge in [0, 0.05) is 88.6 Å². The fourth-order valence-corrected chi connectivity index (χ4v) is 8.37. The summed E-state index contributed by atoms with van der Waals surface area (Å²) in [5.74, 6) is 1.79. The Morgan fingerprint density at radius 3 is 2.49 bits per heavy atom. The number of carbonyl (C=O) groups is 2. The first-order valence-electron chi connectivity index (χ1n) is 19.1. The third-order valence-electron chi connectivity index (χ3n) is 10.2. The molecule has 11 nitrogen and oxygen atoms in total. The summed E-state index contributed by atoms with van der Waals surface area (Å²) in [5.41, 5.74) is 1.54. The Balaban J connectivity index is 0.000000594. The van der Waals surface area contributed by atoms with Crippen molar-refractivity contribution in [1.29, 1.82) is 0 Å². The molecule has 2 amide bonds. The van der Waals surface area contributed by atoms with Crippen LogP contribution in [0.15, 0.2) is 83.7 Å². The molecule has 0 saturated carbocycles. The number of hydrogen-bond acceptors (Lipinski definition) is 10. The molecular formula is C43H48ClF3N6O5S. The first-order chi connectivity index (χ1) is 28.3.